The molecule has 0 aliphatic carbocycles. The minimum atomic E-state index is -0.425. The first kappa shape index (κ1) is 17.2. The van der Waals surface area contributed by atoms with Crippen molar-refractivity contribution in [1.29, 1.82) is 0 Å². The van der Waals surface area contributed by atoms with Crippen molar-refractivity contribution in [2.45, 2.75) is 13.0 Å². The standard InChI is InChI=1S/C19H16BrNO4/c1-12(13-2-6-15(20)7-3-13)21-18(22)11-24-16-8-4-14-5-9-19(23)25-17(14)10-16/h2-10,12H,11H2,1H3,(H,21,22)/t12-/m0/s1. The van der Waals surface area contributed by atoms with Gasteiger partial charge < -0.3 is 14.5 Å². The summed E-state index contributed by atoms with van der Waals surface area (Å²) in [7, 11) is 0. The third-order valence-corrected chi connectivity index (χ3v) is 4.24. The summed E-state index contributed by atoms with van der Waals surface area (Å²) in [6, 6.07) is 15.8. The second-order valence-corrected chi connectivity index (χ2v) is 6.50. The van der Waals surface area contributed by atoms with E-state index >= 15 is 0 Å². The van der Waals surface area contributed by atoms with Crippen molar-refractivity contribution in [2.24, 2.45) is 0 Å². The lowest BCUT2D eigenvalue weighted by molar-refractivity contribution is -0.123. The molecular formula is C19H16BrNO4. The molecule has 5 nitrogen and oxygen atoms in total. The van der Waals surface area contributed by atoms with Crippen LogP contribution in [0.1, 0.15) is 18.5 Å². The van der Waals surface area contributed by atoms with Crippen LogP contribution in [0.15, 0.2) is 68.3 Å². The van der Waals surface area contributed by atoms with Crippen LogP contribution in [0.5, 0.6) is 5.75 Å². The monoisotopic (exact) mass is 401 g/mol. The van der Waals surface area contributed by atoms with Crippen molar-refractivity contribution in [1.82, 2.24) is 5.32 Å². The van der Waals surface area contributed by atoms with E-state index in [1.807, 2.05) is 31.2 Å². The fourth-order valence-corrected chi connectivity index (χ4v) is 2.66. The Morgan fingerprint density at radius 1 is 1.16 bits per heavy atom. The predicted molar refractivity (Wildman–Crippen MR) is 98.7 cm³/mol. The zero-order valence-corrected chi connectivity index (χ0v) is 15.1. The second-order valence-electron chi connectivity index (χ2n) is 5.58. The summed E-state index contributed by atoms with van der Waals surface area (Å²) in [6.07, 6.45) is 0. The van der Waals surface area contributed by atoms with Gasteiger partial charge in [0.25, 0.3) is 5.91 Å². The topological polar surface area (TPSA) is 68.5 Å². The van der Waals surface area contributed by atoms with E-state index in [1.54, 1.807) is 24.3 Å². The number of halogens is 1. The Hall–Kier alpha value is -2.60. The fraction of sp³-hybridized carbons (Fsp3) is 0.158. The van der Waals surface area contributed by atoms with Crippen molar-refractivity contribution in [3.05, 3.63) is 75.1 Å². The minimum Gasteiger partial charge on any atom is -0.484 e. The van der Waals surface area contributed by atoms with E-state index in [0.717, 1.165) is 15.4 Å². The number of ether oxygens (including phenoxy) is 1. The van der Waals surface area contributed by atoms with Gasteiger partial charge in [0.1, 0.15) is 11.3 Å². The molecule has 0 saturated carbocycles. The Labute approximate surface area is 152 Å². The molecule has 1 heterocycles. The summed E-state index contributed by atoms with van der Waals surface area (Å²) in [5.41, 5.74) is 1.00. The van der Waals surface area contributed by atoms with Crippen molar-refractivity contribution in [3.8, 4) is 5.75 Å². The molecule has 0 saturated heterocycles. The summed E-state index contributed by atoms with van der Waals surface area (Å²) >= 11 is 3.38. The highest BCUT2D eigenvalue weighted by molar-refractivity contribution is 9.10. The Balaban J connectivity index is 1.60. The van der Waals surface area contributed by atoms with Gasteiger partial charge in [0, 0.05) is 22.0 Å². The number of fused-ring (bicyclic) bond motifs is 1. The second kappa shape index (κ2) is 7.53. The predicted octanol–water partition coefficient (Wildman–Crippen LogP) is 3.81. The lowest BCUT2D eigenvalue weighted by Crippen LogP contribution is -2.31. The molecule has 1 aromatic heterocycles. The van der Waals surface area contributed by atoms with Gasteiger partial charge in [-0.25, -0.2) is 4.79 Å². The van der Waals surface area contributed by atoms with Crippen LogP contribution in [0.25, 0.3) is 11.0 Å². The first-order chi connectivity index (χ1) is 12.0. The van der Waals surface area contributed by atoms with Crippen molar-refractivity contribution >= 4 is 32.8 Å². The quantitative estimate of drug-likeness (QED) is 0.659. The van der Waals surface area contributed by atoms with Crippen LogP contribution >= 0.6 is 15.9 Å². The maximum Gasteiger partial charge on any atom is 0.336 e. The van der Waals surface area contributed by atoms with Gasteiger partial charge >= 0.3 is 5.63 Å². The number of amides is 1. The van der Waals surface area contributed by atoms with Gasteiger partial charge in [-0.2, -0.15) is 0 Å². The number of benzene rings is 2. The Bertz CT molecular complexity index is 950. The van der Waals surface area contributed by atoms with Gasteiger partial charge in [0.05, 0.1) is 6.04 Å². The largest absolute Gasteiger partial charge is 0.484 e. The number of rotatable bonds is 5. The van der Waals surface area contributed by atoms with E-state index in [-0.39, 0.29) is 18.6 Å². The average Bonchev–Trinajstić information content (AvgIpc) is 2.60. The van der Waals surface area contributed by atoms with Crippen molar-refractivity contribution < 1.29 is 13.9 Å². The molecular weight excluding hydrogens is 386 g/mol. The molecule has 3 aromatic rings. The maximum absolute atomic E-state index is 12.1. The number of carbonyl (C=O) groups excluding carboxylic acids is 1. The molecule has 1 atom stereocenters. The molecule has 1 amide bonds. The highest BCUT2D eigenvalue weighted by Gasteiger charge is 2.10. The van der Waals surface area contributed by atoms with Crippen LogP contribution in [0.3, 0.4) is 0 Å². The Morgan fingerprint density at radius 2 is 1.88 bits per heavy atom. The normalized spacial score (nSPS) is 11.9. The van der Waals surface area contributed by atoms with E-state index in [9.17, 15) is 9.59 Å². The van der Waals surface area contributed by atoms with Crippen LogP contribution in [-0.2, 0) is 4.79 Å². The minimum absolute atomic E-state index is 0.122. The first-order valence-electron chi connectivity index (χ1n) is 7.73. The highest BCUT2D eigenvalue weighted by Crippen LogP contribution is 2.20. The first-order valence-corrected chi connectivity index (χ1v) is 8.52. The van der Waals surface area contributed by atoms with E-state index < -0.39 is 5.63 Å². The summed E-state index contributed by atoms with van der Waals surface area (Å²) in [5, 5.41) is 3.67. The van der Waals surface area contributed by atoms with Crippen molar-refractivity contribution in [2.75, 3.05) is 6.61 Å². The number of nitrogens with one attached hydrogen (secondary N) is 1. The molecule has 2 aromatic carbocycles. The molecule has 0 radical (unpaired) electrons. The molecule has 0 spiro atoms. The smallest absolute Gasteiger partial charge is 0.336 e. The van der Waals surface area contributed by atoms with E-state index in [2.05, 4.69) is 21.2 Å². The summed E-state index contributed by atoms with van der Waals surface area (Å²) in [5.74, 6) is 0.235. The summed E-state index contributed by atoms with van der Waals surface area (Å²) in [4.78, 5) is 23.3. The average molecular weight is 402 g/mol. The van der Waals surface area contributed by atoms with Gasteiger partial charge in [0.2, 0.25) is 0 Å². The summed E-state index contributed by atoms with van der Waals surface area (Å²) in [6.45, 7) is 1.79. The van der Waals surface area contributed by atoms with Crippen LogP contribution in [0.4, 0.5) is 0 Å². The lowest BCUT2D eigenvalue weighted by Gasteiger charge is -2.15. The van der Waals surface area contributed by atoms with Crippen LogP contribution in [-0.4, -0.2) is 12.5 Å². The highest BCUT2D eigenvalue weighted by atomic mass is 79.9. The van der Waals surface area contributed by atoms with E-state index in [4.69, 9.17) is 9.15 Å². The van der Waals surface area contributed by atoms with Gasteiger partial charge in [-0.15, -0.1) is 0 Å². The van der Waals surface area contributed by atoms with Crippen molar-refractivity contribution in [3.63, 3.8) is 0 Å². The third kappa shape index (κ3) is 4.48. The van der Waals surface area contributed by atoms with E-state index in [0.29, 0.717) is 11.3 Å². The molecule has 0 bridgehead atoms. The molecule has 0 fully saturated rings. The molecule has 1 N–H and O–H groups in total. The zero-order valence-electron chi connectivity index (χ0n) is 13.5. The fourth-order valence-electron chi connectivity index (χ4n) is 2.40. The molecule has 0 aliphatic heterocycles. The molecule has 0 aliphatic rings. The Kier molecular flexibility index (Phi) is 5.19. The molecule has 0 unspecified atom stereocenters. The van der Waals surface area contributed by atoms with Gasteiger partial charge in [-0.05, 0) is 42.8 Å². The lowest BCUT2D eigenvalue weighted by atomic mass is 10.1. The zero-order chi connectivity index (χ0) is 17.8. The molecule has 25 heavy (non-hydrogen) atoms. The number of carbonyl (C=O) groups is 1. The van der Waals surface area contributed by atoms with Gasteiger partial charge in [-0.1, -0.05) is 28.1 Å². The summed E-state index contributed by atoms with van der Waals surface area (Å²) < 4.78 is 11.6. The van der Waals surface area contributed by atoms with E-state index in [1.165, 1.54) is 6.07 Å². The van der Waals surface area contributed by atoms with Crippen LogP contribution < -0.4 is 15.7 Å². The molecule has 6 heteroatoms. The van der Waals surface area contributed by atoms with Gasteiger partial charge in [-0.3, -0.25) is 4.79 Å². The van der Waals surface area contributed by atoms with Crippen LogP contribution in [0, 0.1) is 0 Å². The Morgan fingerprint density at radius 3 is 2.64 bits per heavy atom. The SMILES string of the molecule is C[C@H](NC(=O)COc1ccc2ccc(=O)oc2c1)c1ccc(Br)cc1. The number of hydrogen-bond donors (Lipinski definition) is 1. The third-order valence-electron chi connectivity index (χ3n) is 3.71. The van der Waals surface area contributed by atoms with Crippen LogP contribution in [0.2, 0.25) is 0 Å². The number of hydrogen-bond acceptors (Lipinski definition) is 4. The van der Waals surface area contributed by atoms with Gasteiger partial charge in [0.15, 0.2) is 6.61 Å². The maximum atomic E-state index is 12.1. The molecule has 128 valence electrons. The molecule has 3 rings (SSSR count).